The normalized spacial score (nSPS) is 10.9. The predicted octanol–water partition coefficient (Wildman–Crippen LogP) is 3.59. The quantitative estimate of drug-likeness (QED) is 0.667. The highest BCUT2D eigenvalue weighted by atomic mass is 79.9. The van der Waals surface area contributed by atoms with E-state index in [1.54, 1.807) is 0 Å². The third-order valence-electron chi connectivity index (χ3n) is 1.95. The van der Waals surface area contributed by atoms with Crippen molar-refractivity contribution in [2.75, 3.05) is 0 Å². The summed E-state index contributed by atoms with van der Waals surface area (Å²) in [6.07, 6.45) is 0. The monoisotopic (exact) mass is 243 g/mol. The van der Waals surface area contributed by atoms with Crippen LogP contribution >= 0.6 is 27.5 Å². The van der Waals surface area contributed by atoms with Gasteiger partial charge in [0.2, 0.25) is 0 Å². The maximum absolute atomic E-state index is 5.86. The Morgan fingerprint density at radius 2 is 2.08 bits per heavy atom. The van der Waals surface area contributed by atoms with Crippen LogP contribution in [0.3, 0.4) is 0 Å². The van der Waals surface area contributed by atoms with E-state index in [1.165, 1.54) is 5.52 Å². The number of nitrogens with zero attached hydrogens (tertiary/aromatic N) is 1. The second kappa shape index (κ2) is 2.79. The van der Waals surface area contributed by atoms with Gasteiger partial charge in [-0.1, -0.05) is 11.6 Å². The van der Waals surface area contributed by atoms with Crippen molar-refractivity contribution in [1.82, 2.24) is 4.57 Å². The Morgan fingerprint density at radius 3 is 2.83 bits per heavy atom. The van der Waals surface area contributed by atoms with Crippen molar-refractivity contribution in [3.05, 3.63) is 33.9 Å². The molecule has 1 aromatic carbocycles. The van der Waals surface area contributed by atoms with Crippen LogP contribution in [0.25, 0.3) is 10.9 Å². The summed E-state index contributed by atoms with van der Waals surface area (Å²) in [5.41, 5.74) is 1.19. The number of hydrogen-bond acceptors (Lipinski definition) is 0. The van der Waals surface area contributed by atoms with Crippen LogP contribution < -0.4 is 0 Å². The van der Waals surface area contributed by atoms with Crippen LogP contribution in [0.2, 0.25) is 5.02 Å². The molecule has 0 aliphatic rings. The van der Waals surface area contributed by atoms with Crippen LogP contribution in [0.4, 0.5) is 0 Å². The van der Waals surface area contributed by atoms with Crippen molar-refractivity contribution in [3.63, 3.8) is 0 Å². The summed E-state index contributed by atoms with van der Waals surface area (Å²) >= 11 is 9.31. The molecule has 62 valence electrons. The van der Waals surface area contributed by atoms with E-state index in [0.717, 1.165) is 15.0 Å². The van der Waals surface area contributed by atoms with Gasteiger partial charge in [-0.2, -0.15) is 0 Å². The molecular weight excluding hydrogens is 237 g/mol. The summed E-state index contributed by atoms with van der Waals surface area (Å²) in [7, 11) is 2.01. The van der Waals surface area contributed by atoms with Gasteiger partial charge in [0.15, 0.2) is 0 Å². The maximum atomic E-state index is 5.86. The minimum Gasteiger partial charge on any atom is -0.338 e. The van der Waals surface area contributed by atoms with Gasteiger partial charge in [0, 0.05) is 23.0 Å². The molecule has 0 saturated heterocycles. The van der Waals surface area contributed by atoms with E-state index in [9.17, 15) is 0 Å². The molecule has 2 rings (SSSR count). The summed E-state index contributed by atoms with van der Waals surface area (Å²) in [6, 6.07) is 7.93. The number of aromatic nitrogens is 1. The van der Waals surface area contributed by atoms with E-state index in [1.807, 2.05) is 25.2 Å². The molecule has 2 aromatic rings. The van der Waals surface area contributed by atoms with Crippen molar-refractivity contribution in [2.24, 2.45) is 7.05 Å². The smallest absolute Gasteiger partial charge is 0.0854 e. The van der Waals surface area contributed by atoms with E-state index in [2.05, 4.69) is 26.6 Å². The Kier molecular flexibility index (Phi) is 1.89. The first-order valence-corrected chi connectivity index (χ1v) is 4.76. The van der Waals surface area contributed by atoms with Crippen molar-refractivity contribution in [1.29, 1.82) is 0 Å². The first-order valence-electron chi connectivity index (χ1n) is 3.59. The molecule has 0 aliphatic heterocycles. The fourth-order valence-electron chi connectivity index (χ4n) is 1.29. The Balaban J connectivity index is 2.87. The molecule has 0 spiro atoms. The van der Waals surface area contributed by atoms with Gasteiger partial charge in [-0.05, 0) is 40.2 Å². The lowest BCUT2D eigenvalue weighted by molar-refractivity contribution is 0.941. The fraction of sp³-hybridized carbons (Fsp3) is 0.111. The van der Waals surface area contributed by atoms with Crippen LogP contribution in [0.1, 0.15) is 0 Å². The van der Waals surface area contributed by atoms with Crippen LogP contribution in [0, 0.1) is 0 Å². The van der Waals surface area contributed by atoms with Gasteiger partial charge in [0.05, 0.1) is 4.60 Å². The summed E-state index contributed by atoms with van der Waals surface area (Å²) in [6.45, 7) is 0. The number of fused-ring (bicyclic) bond motifs is 1. The average Bonchev–Trinajstić information content (AvgIpc) is 2.28. The lowest BCUT2D eigenvalue weighted by Crippen LogP contribution is -1.85. The molecular formula is C9H7BrClN. The van der Waals surface area contributed by atoms with Crippen molar-refractivity contribution >= 4 is 38.4 Å². The van der Waals surface area contributed by atoms with Crippen LogP contribution in [-0.4, -0.2) is 4.57 Å². The average molecular weight is 245 g/mol. The van der Waals surface area contributed by atoms with Crippen LogP contribution in [0.5, 0.6) is 0 Å². The van der Waals surface area contributed by atoms with E-state index in [0.29, 0.717) is 0 Å². The third-order valence-corrected chi connectivity index (χ3v) is 2.94. The molecule has 0 amide bonds. The minimum absolute atomic E-state index is 0.778. The summed E-state index contributed by atoms with van der Waals surface area (Å²) in [5, 5.41) is 1.94. The molecule has 0 aliphatic carbocycles. The fourth-order valence-corrected chi connectivity index (χ4v) is 1.90. The minimum atomic E-state index is 0.778. The zero-order chi connectivity index (χ0) is 8.72. The van der Waals surface area contributed by atoms with E-state index < -0.39 is 0 Å². The summed E-state index contributed by atoms with van der Waals surface area (Å²) in [4.78, 5) is 0. The molecule has 3 heteroatoms. The number of halogens is 2. The number of benzene rings is 1. The van der Waals surface area contributed by atoms with Crippen molar-refractivity contribution in [2.45, 2.75) is 0 Å². The Labute approximate surface area is 84.1 Å². The highest BCUT2D eigenvalue weighted by Gasteiger charge is 2.02. The topological polar surface area (TPSA) is 4.93 Å². The van der Waals surface area contributed by atoms with Crippen molar-refractivity contribution < 1.29 is 0 Å². The maximum Gasteiger partial charge on any atom is 0.0854 e. The first-order chi connectivity index (χ1) is 5.68. The van der Waals surface area contributed by atoms with Gasteiger partial charge >= 0.3 is 0 Å². The van der Waals surface area contributed by atoms with Crippen LogP contribution in [-0.2, 0) is 7.05 Å². The Bertz CT molecular complexity index is 433. The van der Waals surface area contributed by atoms with Gasteiger partial charge in [-0.25, -0.2) is 0 Å². The second-order valence-corrected chi connectivity index (χ2v) is 3.98. The third kappa shape index (κ3) is 1.15. The molecule has 1 aromatic heterocycles. The lowest BCUT2D eigenvalue weighted by Gasteiger charge is -1.96. The molecule has 0 N–H and O–H groups in total. The lowest BCUT2D eigenvalue weighted by atomic mass is 10.2. The van der Waals surface area contributed by atoms with Gasteiger partial charge in [-0.3, -0.25) is 0 Å². The number of aryl methyl sites for hydroxylation is 1. The van der Waals surface area contributed by atoms with Gasteiger partial charge in [0.1, 0.15) is 0 Å². The number of rotatable bonds is 0. The van der Waals surface area contributed by atoms with Crippen LogP contribution in [0.15, 0.2) is 28.9 Å². The summed E-state index contributed by atoms with van der Waals surface area (Å²) < 4.78 is 3.14. The Hall–Kier alpha value is -0.470. The van der Waals surface area contributed by atoms with Gasteiger partial charge in [-0.15, -0.1) is 0 Å². The Morgan fingerprint density at radius 1 is 1.33 bits per heavy atom. The molecule has 0 unspecified atom stereocenters. The standard InChI is InChI=1S/C9H7BrClN/c1-12-8-3-2-7(11)4-6(8)5-9(12)10/h2-5H,1H3. The van der Waals surface area contributed by atoms with E-state index in [-0.39, 0.29) is 0 Å². The largest absolute Gasteiger partial charge is 0.338 e. The van der Waals surface area contributed by atoms with Crippen molar-refractivity contribution in [3.8, 4) is 0 Å². The van der Waals surface area contributed by atoms with E-state index in [4.69, 9.17) is 11.6 Å². The zero-order valence-corrected chi connectivity index (χ0v) is 8.85. The molecule has 0 atom stereocenters. The highest BCUT2D eigenvalue weighted by Crippen LogP contribution is 2.25. The zero-order valence-electron chi connectivity index (χ0n) is 6.51. The molecule has 0 saturated carbocycles. The first kappa shape index (κ1) is 8.14. The molecule has 1 heterocycles. The second-order valence-electron chi connectivity index (χ2n) is 2.73. The van der Waals surface area contributed by atoms with Gasteiger partial charge < -0.3 is 4.57 Å². The van der Waals surface area contributed by atoms with E-state index >= 15 is 0 Å². The molecule has 0 fully saturated rings. The summed E-state index contributed by atoms with van der Waals surface area (Å²) in [5.74, 6) is 0. The molecule has 0 radical (unpaired) electrons. The number of hydrogen-bond donors (Lipinski definition) is 0. The predicted molar refractivity (Wildman–Crippen MR) is 55.6 cm³/mol. The highest BCUT2D eigenvalue weighted by molar-refractivity contribution is 9.10. The molecule has 1 nitrogen and oxygen atoms in total. The SMILES string of the molecule is Cn1c(Br)cc2cc(Cl)ccc21. The molecule has 0 bridgehead atoms. The molecule has 12 heavy (non-hydrogen) atoms. The van der Waals surface area contributed by atoms with Gasteiger partial charge in [0.25, 0.3) is 0 Å².